The fraction of sp³-hybridized carbons (Fsp3) is 0.200. The Morgan fingerprint density at radius 3 is 1.67 bits per heavy atom. The summed E-state index contributed by atoms with van der Waals surface area (Å²) in [4.78, 5) is 0. The molecule has 9 heavy (non-hydrogen) atoms. The van der Waals surface area contributed by atoms with Crippen molar-refractivity contribution in [3.63, 3.8) is 0 Å². The normalized spacial score (nSPS) is 19.4. The maximum absolute atomic E-state index is 8.74. The van der Waals surface area contributed by atoms with Crippen molar-refractivity contribution in [2.45, 2.75) is 3.93 Å². The topological polar surface area (TPSA) is 60.7 Å². The van der Waals surface area contributed by atoms with Gasteiger partial charge in [-0.15, -0.1) is 0 Å². The van der Waals surface area contributed by atoms with Crippen LogP contribution in [-0.4, -0.2) is 30.0 Å². The zero-order chi connectivity index (χ0) is 6.91. The standard InChI is InChI=1S/C5H5.3H2O.Sn/c1-2-4-5-3-1;;;;/h1-5H;3*1H2;/q;;;;+3/p-3. The molecule has 1 aliphatic carbocycles. The second-order valence-corrected chi connectivity index (χ2v) is 7.81. The van der Waals surface area contributed by atoms with Gasteiger partial charge in [-0.2, -0.15) is 0 Å². The van der Waals surface area contributed by atoms with Crippen LogP contribution in [0.4, 0.5) is 0 Å². The van der Waals surface area contributed by atoms with Crippen LogP contribution in [-0.2, 0) is 0 Å². The summed E-state index contributed by atoms with van der Waals surface area (Å²) < 4.78 is 25.7. The van der Waals surface area contributed by atoms with Gasteiger partial charge in [0, 0.05) is 0 Å². The molecule has 0 aromatic rings. The molecule has 1 rings (SSSR count). The van der Waals surface area contributed by atoms with Gasteiger partial charge >= 0.3 is 58.2 Å². The predicted octanol–water partition coefficient (Wildman–Crippen LogP) is -0.602. The molecule has 1 aliphatic rings. The van der Waals surface area contributed by atoms with Crippen LogP contribution in [0.5, 0.6) is 0 Å². The Labute approximate surface area is 58.5 Å². The molecule has 0 saturated carbocycles. The second kappa shape index (κ2) is 2.41. The van der Waals surface area contributed by atoms with E-state index in [9.17, 15) is 0 Å². The summed E-state index contributed by atoms with van der Waals surface area (Å²) in [5.41, 5.74) is 0. The van der Waals surface area contributed by atoms with Gasteiger partial charge in [0.1, 0.15) is 0 Å². The van der Waals surface area contributed by atoms with Crippen molar-refractivity contribution in [3.8, 4) is 0 Å². The first-order chi connectivity index (χ1) is 4.11. The molecule has 0 unspecified atom stereocenters. The third-order valence-electron chi connectivity index (χ3n) is 1.20. The zero-order valence-corrected chi connectivity index (χ0v) is 7.58. The monoisotopic (exact) mass is 236 g/mol. The Balaban J connectivity index is 2.64. The summed E-state index contributed by atoms with van der Waals surface area (Å²) >= 11 is -4.57. The van der Waals surface area contributed by atoms with E-state index >= 15 is 0 Å². The van der Waals surface area contributed by atoms with Crippen molar-refractivity contribution < 1.29 is 10.3 Å². The van der Waals surface area contributed by atoms with Crippen LogP contribution in [0.2, 0.25) is 3.93 Å². The zero-order valence-electron chi connectivity index (χ0n) is 4.73. The maximum atomic E-state index is 8.74. The molecule has 0 amide bonds. The van der Waals surface area contributed by atoms with E-state index in [0.29, 0.717) is 0 Å². The van der Waals surface area contributed by atoms with E-state index < -0.39 is 23.6 Å². The molecule has 0 radical (unpaired) electrons. The van der Waals surface area contributed by atoms with E-state index in [0.717, 1.165) is 0 Å². The first kappa shape index (κ1) is 7.27. The summed E-state index contributed by atoms with van der Waals surface area (Å²) in [5.74, 6) is 0. The second-order valence-electron chi connectivity index (χ2n) is 1.98. The summed E-state index contributed by atoms with van der Waals surface area (Å²) in [6.07, 6.45) is 6.57. The molecule has 50 valence electrons. The summed E-state index contributed by atoms with van der Waals surface area (Å²) in [6.45, 7) is 0. The van der Waals surface area contributed by atoms with Crippen LogP contribution in [0.3, 0.4) is 0 Å². The number of allylic oxidation sites excluding steroid dienone is 4. The van der Waals surface area contributed by atoms with Gasteiger partial charge in [-0.05, 0) is 0 Å². The van der Waals surface area contributed by atoms with Crippen LogP contribution in [0.25, 0.3) is 0 Å². The van der Waals surface area contributed by atoms with Crippen LogP contribution in [0.15, 0.2) is 24.3 Å². The van der Waals surface area contributed by atoms with Gasteiger partial charge in [0.15, 0.2) is 0 Å². The van der Waals surface area contributed by atoms with Crippen molar-refractivity contribution in [1.82, 2.24) is 0 Å². The van der Waals surface area contributed by atoms with Crippen molar-refractivity contribution in [2.75, 3.05) is 0 Å². The third kappa shape index (κ3) is 1.79. The Bertz CT molecular complexity index is 144. The van der Waals surface area contributed by atoms with Crippen molar-refractivity contribution >= 4 is 19.6 Å². The SMILES string of the molecule is [OH][Sn]([OH])([OH])[CH]1C=CC=C1. The molecule has 0 spiro atoms. The molecule has 4 heteroatoms. The Morgan fingerprint density at radius 1 is 1.00 bits per heavy atom. The molecule has 0 bridgehead atoms. The van der Waals surface area contributed by atoms with Gasteiger partial charge in [-0.1, -0.05) is 0 Å². The Hall–Kier alpha value is 0.159. The van der Waals surface area contributed by atoms with E-state index in [1.54, 1.807) is 24.3 Å². The minimum atomic E-state index is -4.57. The molecule has 0 heterocycles. The molecule has 0 aromatic heterocycles. The quantitative estimate of drug-likeness (QED) is 0.531. The molecule has 0 aromatic carbocycles. The predicted molar refractivity (Wildman–Crippen MR) is 34.4 cm³/mol. The van der Waals surface area contributed by atoms with E-state index in [4.69, 9.17) is 10.3 Å². The summed E-state index contributed by atoms with van der Waals surface area (Å²) in [7, 11) is 0. The molecule has 3 nitrogen and oxygen atoms in total. The molecule has 0 aliphatic heterocycles. The van der Waals surface area contributed by atoms with E-state index in [-0.39, 0.29) is 0 Å². The van der Waals surface area contributed by atoms with Gasteiger partial charge < -0.3 is 0 Å². The summed E-state index contributed by atoms with van der Waals surface area (Å²) in [6, 6.07) is 0. The van der Waals surface area contributed by atoms with Crippen molar-refractivity contribution in [1.29, 1.82) is 0 Å². The van der Waals surface area contributed by atoms with Gasteiger partial charge in [0.05, 0.1) is 0 Å². The summed E-state index contributed by atoms with van der Waals surface area (Å²) in [5, 5.41) is 0. The van der Waals surface area contributed by atoms with E-state index in [1.807, 2.05) is 0 Å². The molecular formula is C5H8O3Sn. The molecule has 0 saturated heterocycles. The van der Waals surface area contributed by atoms with Crippen LogP contribution in [0, 0.1) is 0 Å². The Morgan fingerprint density at radius 2 is 1.44 bits per heavy atom. The third-order valence-corrected chi connectivity index (χ3v) is 4.85. The average molecular weight is 235 g/mol. The first-order valence-electron chi connectivity index (χ1n) is 2.63. The molecule has 0 atom stereocenters. The fourth-order valence-corrected chi connectivity index (χ4v) is 2.80. The number of hydrogen-bond donors (Lipinski definition) is 3. The fourth-order valence-electron chi connectivity index (χ4n) is 0.690. The molecule has 3 N–H and O–H groups in total. The van der Waals surface area contributed by atoms with Gasteiger partial charge in [0.25, 0.3) is 0 Å². The number of hydrogen-bond acceptors (Lipinski definition) is 3. The average Bonchev–Trinajstić information content (AvgIpc) is 2.08. The minimum absolute atomic E-state index is 0.473. The van der Waals surface area contributed by atoms with Gasteiger partial charge in [0.2, 0.25) is 0 Å². The van der Waals surface area contributed by atoms with Crippen molar-refractivity contribution in [2.24, 2.45) is 0 Å². The van der Waals surface area contributed by atoms with E-state index in [1.165, 1.54) is 0 Å². The van der Waals surface area contributed by atoms with Crippen molar-refractivity contribution in [3.05, 3.63) is 24.3 Å². The first-order valence-corrected chi connectivity index (χ1v) is 8.10. The molecule has 0 fully saturated rings. The van der Waals surface area contributed by atoms with Crippen LogP contribution in [0.1, 0.15) is 0 Å². The van der Waals surface area contributed by atoms with Crippen LogP contribution >= 0.6 is 0 Å². The van der Waals surface area contributed by atoms with Gasteiger partial charge in [-0.25, -0.2) is 0 Å². The molecular weight excluding hydrogens is 227 g/mol. The van der Waals surface area contributed by atoms with Crippen LogP contribution < -0.4 is 0 Å². The Kier molecular flexibility index (Phi) is 1.95. The van der Waals surface area contributed by atoms with E-state index in [2.05, 4.69) is 0 Å². The van der Waals surface area contributed by atoms with Gasteiger partial charge in [-0.3, -0.25) is 0 Å². The number of rotatable bonds is 1.